The molecule has 0 saturated carbocycles. The second-order valence-corrected chi connectivity index (χ2v) is 6.92. The summed E-state index contributed by atoms with van der Waals surface area (Å²) in [4.78, 5) is 25.6. The Morgan fingerprint density at radius 3 is 2.55 bits per heavy atom. The molecule has 0 aromatic heterocycles. The van der Waals surface area contributed by atoms with Gasteiger partial charge in [-0.1, -0.05) is 22.9 Å². The molecule has 2 rings (SSSR count). The number of halogens is 1. The number of carboxylic acid groups (broad SMARTS) is 1. The Labute approximate surface area is 138 Å². The van der Waals surface area contributed by atoms with Crippen LogP contribution < -0.4 is 5.32 Å². The highest BCUT2D eigenvalue weighted by atomic mass is 79.9. The molecule has 3 unspecified atom stereocenters. The van der Waals surface area contributed by atoms with Crippen molar-refractivity contribution in [3.63, 3.8) is 0 Å². The minimum Gasteiger partial charge on any atom is -0.481 e. The van der Waals surface area contributed by atoms with Gasteiger partial charge in [0.25, 0.3) is 0 Å². The summed E-state index contributed by atoms with van der Waals surface area (Å²) in [7, 11) is 0. The first-order valence-electron chi connectivity index (χ1n) is 7.40. The first-order chi connectivity index (χ1) is 10.4. The van der Waals surface area contributed by atoms with E-state index >= 15 is 0 Å². The van der Waals surface area contributed by atoms with Crippen molar-refractivity contribution in [2.24, 2.45) is 11.8 Å². The summed E-state index contributed by atoms with van der Waals surface area (Å²) in [6.07, 6.45) is 0.673. The Morgan fingerprint density at radius 1 is 1.32 bits per heavy atom. The number of hydrogen-bond donors (Lipinski definition) is 2. The van der Waals surface area contributed by atoms with Crippen molar-refractivity contribution in [1.82, 2.24) is 4.90 Å². The lowest BCUT2D eigenvalue weighted by atomic mass is 9.89. The number of hydrogen-bond acceptors (Lipinski definition) is 3. The molecule has 1 aliphatic heterocycles. The SMILES string of the molecule is CC1CC(C(=O)O)CN(C(C)C(=O)Nc2ccc(Br)cc2)C1. The minimum atomic E-state index is -0.780. The smallest absolute Gasteiger partial charge is 0.307 e. The normalized spacial score (nSPS) is 23.8. The van der Waals surface area contributed by atoms with Crippen LogP contribution in [-0.4, -0.2) is 41.0 Å². The molecule has 1 fully saturated rings. The molecule has 1 aromatic rings. The van der Waals surface area contributed by atoms with E-state index in [4.69, 9.17) is 0 Å². The van der Waals surface area contributed by atoms with Crippen LogP contribution in [0.1, 0.15) is 20.3 Å². The Kier molecular flexibility index (Phi) is 5.58. The van der Waals surface area contributed by atoms with Gasteiger partial charge >= 0.3 is 5.97 Å². The van der Waals surface area contributed by atoms with Crippen LogP contribution in [-0.2, 0) is 9.59 Å². The topological polar surface area (TPSA) is 69.6 Å². The van der Waals surface area contributed by atoms with Crippen molar-refractivity contribution in [2.45, 2.75) is 26.3 Å². The summed E-state index contributed by atoms with van der Waals surface area (Å²) >= 11 is 3.35. The third-order valence-electron chi connectivity index (χ3n) is 4.08. The number of amides is 1. The van der Waals surface area contributed by atoms with Crippen molar-refractivity contribution < 1.29 is 14.7 Å². The highest BCUT2D eigenvalue weighted by Crippen LogP contribution is 2.24. The zero-order valence-electron chi connectivity index (χ0n) is 12.8. The first-order valence-corrected chi connectivity index (χ1v) is 8.19. The average molecular weight is 369 g/mol. The number of benzene rings is 1. The van der Waals surface area contributed by atoms with Gasteiger partial charge in [-0.15, -0.1) is 0 Å². The number of likely N-dealkylation sites (tertiary alicyclic amines) is 1. The Hall–Kier alpha value is -1.40. The zero-order chi connectivity index (χ0) is 16.3. The number of rotatable bonds is 4. The molecule has 2 N–H and O–H groups in total. The van der Waals surface area contributed by atoms with Crippen molar-refractivity contribution in [1.29, 1.82) is 0 Å². The largest absolute Gasteiger partial charge is 0.481 e. The van der Waals surface area contributed by atoms with Gasteiger partial charge in [0, 0.05) is 23.2 Å². The molecule has 6 heteroatoms. The van der Waals surface area contributed by atoms with Crippen LogP contribution in [0.2, 0.25) is 0 Å². The summed E-state index contributed by atoms with van der Waals surface area (Å²) < 4.78 is 0.952. The summed E-state index contributed by atoms with van der Waals surface area (Å²) in [6.45, 7) is 5.03. The van der Waals surface area contributed by atoms with Crippen LogP contribution in [0.5, 0.6) is 0 Å². The molecule has 1 aromatic carbocycles. The molecule has 1 heterocycles. The van der Waals surface area contributed by atoms with Crippen LogP contribution in [0, 0.1) is 11.8 Å². The van der Waals surface area contributed by atoms with E-state index in [0.29, 0.717) is 13.0 Å². The van der Waals surface area contributed by atoms with Gasteiger partial charge in [-0.25, -0.2) is 0 Å². The number of anilines is 1. The van der Waals surface area contributed by atoms with Crippen molar-refractivity contribution in [3.05, 3.63) is 28.7 Å². The molecule has 0 aliphatic carbocycles. The first kappa shape index (κ1) is 17.0. The molecule has 3 atom stereocenters. The fraction of sp³-hybridized carbons (Fsp3) is 0.500. The highest BCUT2D eigenvalue weighted by molar-refractivity contribution is 9.10. The molecule has 120 valence electrons. The average Bonchev–Trinajstić information content (AvgIpc) is 2.48. The van der Waals surface area contributed by atoms with Gasteiger partial charge in [-0.05, 0) is 43.5 Å². The molecule has 0 bridgehead atoms. The van der Waals surface area contributed by atoms with E-state index in [-0.39, 0.29) is 17.9 Å². The van der Waals surface area contributed by atoms with Crippen LogP contribution >= 0.6 is 15.9 Å². The van der Waals surface area contributed by atoms with Gasteiger partial charge in [0.2, 0.25) is 5.91 Å². The molecule has 1 aliphatic rings. The van der Waals surface area contributed by atoms with Crippen LogP contribution in [0.4, 0.5) is 5.69 Å². The van der Waals surface area contributed by atoms with Gasteiger partial charge < -0.3 is 10.4 Å². The van der Waals surface area contributed by atoms with E-state index in [1.54, 1.807) is 0 Å². The van der Waals surface area contributed by atoms with Gasteiger partial charge in [0.05, 0.1) is 12.0 Å². The number of nitrogens with zero attached hydrogens (tertiary/aromatic N) is 1. The van der Waals surface area contributed by atoms with E-state index in [1.165, 1.54) is 0 Å². The lowest BCUT2D eigenvalue weighted by Crippen LogP contribution is -2.50. The molecule has 0 spiro atoms. The predicted octanol–water partition coefficient (Wildman–Crippen LogP) is 2.82. The van der Waals surface area contributed by atoms with Gasteiger partial charge in [-0.2, -0.15) is 0 Å². The maximum atomic E-state index is 12.4. The molecule has 22 heavy (non-hydrogen) atoms. The minimum absolute atomic E-state index is 0.111. The Bertz CT molecular complexity index is 547. The van der Waals surface area contributed by atoms with E-state index in [0.717, 1.165) is 16.7 Å². The third kappa shape index (κ3) is 4.30. The third-order valence-corrected chi connectivity index (χ3v) is 4.60. The van der Waals surface area contributed by atoms with E-state index < -0.39 is 11.9 Å². The Morgan fingerprint density at radius 2 is 1.95 bits per heavy atom. The highest BCUT2D eigenvalue weighted by Gasteiger charge is 2.33. The molecular formula is C16H21BrN2O3. The number of aliphatic carboxylic acids is 1. The number of carbonyl (C=O) groups excluding carboxylic acids is 1. The van der Waals surface area contributed by atoms with Gasteiger partial charge in [0.15, 0.2) is 0 Å². The zero-order valence-corrected chi connectivity index (χ0v) is 14.3. The predicted molar refractivity (Wildman–Crippen MR) is 88.7 cm³/mol. The van der Waals surface area contributed by atoms with Crippen molar-refractivity contribution in [3.8, 4) is 0 Å². The monoisotopic (exact) mass is 368 g/mol. The van der Waals surface area contributed by atoms with E-state index in [9.17, 15) is 14.7 Å². The lowest BCUT2D eigenvalue weighted by molar-refractivity contribution is -0.145. The molecular weight excluding hydrogens is 348 g/mol. The fourth-order valence-corrected chi connectivity index (χ4v) is 3.10. The van der Waals surface area contributed by atoms with Crippen molar-refractivity contribution in [2.75, 3.05) is 18.4 Å². The summed E-state index contributed by atoms with van der Waals surface area (Å²) in [5.74, 6) is -1.01. The summed E-state index contributed by atoms with van der Waals surface area (Å²) in [5.41, 5.74) is 0.736. The Balaban J connectivity index is 2.00. The van der Waals surface area contributed by atoms with Crippen molar-refractivity contribution >= 4 is 33.5 Å². The maximum absolute atomic E-state index is 12.4. The number of carbonyl (C=O) groups is 2. The standard InChI is InChI=1S/C16H21BrN2O3/c1-10-7-12(16(21)22)9-19(8-10)11(2)15(20)18-14-5-3-13(17)4-6-14/h3-6,10-12H,7-9H2,1-2H3,(H,18,20)(H,21,22). The van der Waals surface area contributed by atoms with E-state index in [2.05, 4.69) is 21.2 Å². The van der Waals surface area contributed by atoms with Gasteiger partial charge in [0.1, 0.15) is 0 Å². The number of nitrogens with one attached hydrogen (secondary N) is 1. The molecule has 1 amide bonds. The number of carboxylic acids is 1. The lowest BCUT2D eigenvalue weighted by Gasteiger charge is -2.37. The fourth-order valence-electron chi connectivity index (χ4n) is 2.83. The molecule has 1 saturated heterocycles. The van der Waals surface area contributed by atoms with Crippen LogP contribution in [0.3, 0.4) is 0 Å². The quantitative estimate of drug-likeness (QED) is 0.857. The number of piperidine rings is 1. The molecule has 0 radical (unpaired) electrons. The van der Waals surface area contributed by atoms with Crippen LogP contribution in [0.25, 0.3) is 0 Å². The second kappa shape index (κ2) is 7.24. The van der Waals surface area contributed by atoms with Gasteiger partial charge in [-0.3, -0.25) is 14.5 Å². The summed E-state index contributed by atoms with van der Waals surface area (Å²) in [6, 6.07) is 7.03. The summed E-state index contributed by atoms with van der Waals surface area (Å²) in [5, 5.41) is 12.1. The second-order valence-electron chi connectivity index (χ2n) is 6.00. The maximum Gasteiger partial charge on any atom is 0.307 e. The van der Waals surface area contributed by atoms with E-state index in [1.807, 2.05) is 43.0 Å². The van der Waals surface area contributed by atoms with Crippen LogP contribution in [0.15, 0.2) is 28.7 Å². The molecule has 5 nitrogen and oxygen atoms in total.